The van der Waals surface area contributed by atoms with Crippen LogP contribution in [0.4, 0.5) is 0 Å². The Morgan fingerprint density at radius 1 is 1.00 bits per heavy atom. The van der Waals surface area contributed by atoms with Gasteiger partial charge in [-0.25, -0.2) is 0 Å². The molecule has 0 aromatic heterocycles. The van der Waals surface area contributed by atoms with Crippen LogP contribution in [0.5, 0.6) is 0 Å². The Morgan fingerprint density at radius 2 is 1.71 bits per heavy atom. The monoisotopic (exact) mass is 196 g/mol. The molecule has 0 amide bonds. The van der Waals surface area contributed by atoms with E-state index < -0.39 is 0 Å². The molecular formula is C13H24O. The summed E-state index contributed by atoms with van der Waals surface area (Å²) in [5, 5.41) is 8.95. The molecule has 1 nitrogen and oxygen atoms in total. The molecule has 2 saturated carbocycles. The highest BCUT2D eigenvalue weighted by Crippen LogP contribution is 2.53. The molecule has 2 aliphatic carbocycles. The number of unbranched alkanes of at least 4 members (excludes halogenated alkanes) is 2. The summed E-state index contributed by atoms with van der Waals surface area (Å²) in [7, 11) is 0. The van der Waals surface area contributed by atoms with Gasteiger partial charge in [0.15, 0.2) is 0 Å². The van der Waals surface area contributed by atoms with Crippen molar-refractivity contribution in [2.75, 3.05) is 6.61 Å². The van der Waals surface area contributed by atoms with Gasteiger partial charge in [0.05, 0.1) is 0 Å². The van der Waals surface area contributed by atoms with E-state index in [2.05, 4.69) is 6.92 Å². The average molecular weight is 196 g/mol. The van der Waals surface area contributed by atoms with Crippen molar-refractivity contribution in [2.24, 2.45) is 23.7 Å². The maximum Gasteiger partial charge on any atom is 0.0462 e. The van der Waals surface area contributed by atoms with Crippen LogP contribution >= 0.6 is 0 Å². The lowest BCUT2D eigenvalue weighted by molar-refractivity contribution is 0.266. The zero-order chi connectivity index (χ0) is 9.97. The van der Waals surface area contributed by atoms with Crippen molar-refractivity contribution in [2.45, 2.75) is 51.9 Å². The number of aliphatic hydroxyl groups is 1. The molecule has 0 saturated heterocycles. The topological polar surface area (TPSA) is 20.2 Å². The first-order valence-corrected chi connectivity index (χ1v) is 6.46. The minimum atomic E-state index is 0.442. The highest BCUT2D eigenvalue weighted by molar-refractivity contribution is 4.94. The molecule has 14 heavy (non-hydrogen) atoms. The van der Waals surface area contributed by atoms with Gasteiger partial charge in [0.25, 0.3) is 0 Å². The summed E-state index contributed by atoms with van der Waals surface area (Å²) in [5.74, 6) is 3.71. The molecule has 2 unspecified atom stereocenters. The zero-order valence-electron chi connectivity index (χ0n) is 9.41. The van der Waals surface area contributed by atoms with Crippen molar-refractivity contribution in [3.8, 4) is 0 Å². The number of hydrogen-bond donors (Lipinski definition) is 1. The molecule has 2 aliphatic rings. The fourth-order valence-corrected chi connectivity index (χ4v) is 2.82. The van der Waals surface area contributed by atoms with E-state index in [9.17, 15) is 0 Å². The van der Waals surface area contributed by atoms with Crippen LogP contribution in [0.1, 0.15) is 51.9 Å². The summed E-state index contributed by atoms with van der Waals surface area (Å²) >= 11 is 0. The van der Waals surface area contributed by atoms with E-state index in [1.807, 2.05) is 0 Å². The third-order valence-electron chi connectivity index (χ3n) is 4.16. The molecule has 1 N–H and O–H groups in total. The van der Waals surface area contributed by atoms with Crippen molar-refractivity contribution in [3.63, 3.8) is 0 Å². The minimum Gasteiger partial charge on any atom is -0.396 e. The SMILES string of the molecule is CCCCCC1C[C@H]1CC1C[C@H]1CO. The lowest BCUT2D eigenvalue weighted by atomic mass is 10.1. The maximum atomic E-state index is 8.95. The van der Waals surface area contributed by atoms with E-state index in [1.54, 1.807) is 0 Å². The third kappa shape index (κ3) is 2.73. The molecule has 0 aromatic carbocycles. The molecule has 0 spiro atoms. The predicted octanol–water partition coefficient (Wildman–Crippen LogP) is 3.22. The number of aliphatic hydroxyl groups excluding tert-OH is 1. The van der Waals surface area contributed by atoms with E-state index in [-0.39, 0.29) is 0 Å². The van der Waals surface area contributed by atoms with Gasteiger partial charge in [0.1, 0.15) is 0 Å². The van der Waals surface area contributed by atoms with Crippen molar-refractivity contribution < 1.29 is 5.11 Å². The Kier molecular flexibility index (Phi) is 3.48. The van der Waals surface area contributed by atoms with Crippen LogP contribution in [0, 0.1) is 23.7 Å². The first-order chi connectivity index (χ1) is 6.85. The summed E-state index contributed by atoms with van der Waals surface area (Å²) in [6.45, 7) is 2.72. The van der Waals surface area contributed by atoms with Gasteiger partial charge in [0, 0.05) is 6.61 Å². The molecule has 0 aliphatic heterocycles. The van der Waals surface area contributed by atoms with Gasteiger partial charge >= 0.3 is 0 Å². The van der Waals surface area contributed by atoms with E-state index in [0.717, 1.165) is 17.8 Å². The van der Waals surface area contributed by atoms with E-state index in [4.69, 9.17) is 5.11 Å². The van der Waals surface area contributed by atoms with Crippen molar-refractivity contribution in [1.29, 1.82) is 0 Å². The third-order valence-corrected chi connectivity index (χ3v) is 4.16. The second kappa shape index (κ2) is 4.65. The Hall–Kier alpha value is -0.0400. The quantitative estimate of drug-likeness (QED) is 0.620. The van der Waals surface area contributed by atoms with Crippen LogP contribution in [-0.2, 0) is 0 Å². The maximum absolute atomic E-state index is 8.95. The Balaban J connectivity index is 1.50. The normalized spacial score (nSPS) is 39.9. The van der Waals surface area contributed by atoms with Gasteiger partial charge in [-0.1, -0.05) is 32.6 Å². The smallest absolute Gasteiger partial charge is 0.0462 e. The van der Waals surface area contributed by atoms with Gasteiger partial charge in [-0.15, -0.1) is 0 Å². The first kappa shape index (κ1) is 10.5. The fraction of sp³-hybridized carbons (Fsp3) is 1.00. The van der Waals surface area contributed by atoms with Crippen molar-refractivity contribution >= 4 is 0 Å². The molecular weight excluding hydrogens is 172 g/mol. The van der Waals surface area contributed by atoms with Gasteiger partial charge in [-0.05, 0) is 42.9 Å². The van der Waals surface area contributed by atoms with Gasteiger partial charge in [0.2, 0.25) is 0 Å². The molecule has 1 heteroatoms. The Labute approximate surface area is 87.9 Å². The van der Waals surface area contributed by atoms with E-state index in [1.165, 1.54) is 44.9 Å². The highest BCUT2D eigenvalue weighted by Gasteiger charge is 2.44. The summed E-state index contributed by atoms with van der Waals surface area (Å²) in [6.07, 6.45) is 9.95. The second-order valence-electron chi connectivity index (χ2n) is 5.43. The van der Waals surface area contributed by atoms with Crippen LogP contribution in [-0.4, -0.2) is 11.7 Å². The number of hydrogen-bond acceptors (Lipinski definition) is 1. The van der Waals surface area contributed by atoms with Crippen LogP contribution in [0.2, 0.25) is 0 Å². The standard InChI is InChI=1S/C13H24O/c1-2-3-4-5-10-6-11(10)7-12-8-13(12)9-14/h10-14H,2-9H2,1H3/t10?,11-,12?,13-/m0/s1. The van der Waals surface area contributed by atoms with Crippen LogP contribution in [0.3, 0.4) is 0 Å². The molecule has 0 bridgehead atoms. The second-order valence-corrected chi connectivity index (χ2v) is 5.43. The lowest BCUT2D eigenvalue weighted by Crippen LogP contribution is -1.91. The number of rotatable bonds is 7. The minimum absolute atomic E-state index is 0.442. The van der Waals surface area contributed by atoms with Crippen LogP contribution in [0.25, 0.3) is 0 Å². The van der Waals surface area contributed by atoms with Gasteiger partial charge in [-0.2, -0.15) is 0 Å². The lowest BCUT2D eigenvalue weighted by Gasteiger charge is -1.99. The molecule has 2 rings (SSSR count). The predicted molar refractivity (Wildman–Crippen MR) is 59.0 cm³/mol. The van der Waals surface area contributed by atoms with Crippen molar-refractivity contribution in [1.82, 2.24) is 0 Å². The molecule has 2 fully saturated rings. The fourth-order valence-electron chi connectivity index (χ4n) is 2.82. The van der Waals surface area contributed by atoms with Crippen LogP contribution in [0.15, 0.2) is 0 Å². The molecule has 0 heterocycles. The van der Waals surface area contributed by atoms with Gasteiger partial charge in [-0.3, -0.25) is 0 Å². The highest BCUT2D eigenvalue weighted by atomic mass is 16.3. The average Bonchev–Trinajstić information content (AvgIpc) is 3.06. The summed E-state index contributed by atoms with van der Waals surface area (Å²) in [6, 6.07) is 0. The molecule has 4 atom stereocenters. The summed E-state index contributed by atoms with van der Waals surface area (Å²) in [5.41, 5.74) is 0. The molecule has 0 radical (unpaired) electrons. The Morgan fingerprint density at radius 3 is 2.36 bits per heavy atom. The van der Waals surface area contributed by atoms with Crippen molar-refractivity contribution in [3.05, 3.63) is 0 Å². The molecule has 82 valence electrons. The Bertz CT molecular complexity index is 178. The summed E-state index contributed by atoms with van der Waals surface area (Å²) in [4.78, 5) is 0. The molecule has 0 aromatic rings. The largest absolute Gasteiger partial charge is 0.396 e. The van der Waals surface area contributed by atoms with Crippen LogP contribution < -0.4 is 0 Å². The summed E-state index contributed by atoms with van der Waals surface area (Å²) < 4.78 is 0. The van der Waals surface area contributed by atoms with E-state index in [0.29, 0.717) is 12.5 Å². The zero-order valence-corrected chi connectivity index (χ0v) is 9.41. The first-order valence-electron chi connectivity index (χ1n) is 6.46. The van der Waals surface area contributed by atoms with E-state index >= 15 is 0 Å². The van der Waals surface area contributed by atoms with Gasteiger partial charge < -0.3 is 5.11 Å².